The molecule has 1 heterocycles. The van der Waals surface area contributed by atoms with Crippen LogP contribution in [0.15, 0.2) is 24.3 Å². The molecular weight excluding hydrogens is 246 g/mol. The molecule has 1 fully saturated rings. The molecule has 0 radical (unpaired) electrons. The average Bonchev–Trinajstić information content (AvgIpc) is 2.46. The first-order valence-corrected chi connectivity index (χ1v) is 7.86. The van der Waals surface area contributed by atoms with E-state index in [0.717, 1.165) is 32.4 Å². The summed E-state index contributed by atoms with van der Waals surface area (Å²) in [4.78, 5) is 2.53. The fourth-order valence-electron chi connectivity index (χ4n) is 3.24. The third-order valence-corrected chi connectivity index (χ3v) is 4.95. The van der Waals surface area contributed by atoms with Crippen LogP contribution >= 0.6 is 0 Å². The van der Waals surface area contributed by atoms with Gasteiger partial charge in [-0.15, -0.1) is 0 Å². The molecule has 0 unspecified atom stereocenters. The van der Waals surface area contributed by atoms with Gasteiger partial charge in [-0.25, -0.2) is 0 Å². The van der Waals surface area contributed by atoms with Crippen molar-refractivity contribution in [1.82, 2.24) is 4.90 Å². The second-order valence-electron chi connectivity index (χ2n) is 7.15. The van der Waals surface area contributed by atoms with Crippen LogP contribution < -0.4 is 0 Å². The van der Waals surface area contributed by atoms with Gasteiger partial charge in [-0.2, -0.15) is 0 Å². The number of benzene rings is 1. The molecule has 1 N–H and O–H groups in total. The number of likely N-dealkylation sites (tertiary alicyclic amines) is 1. The van der Waals surface area contributed by atoms with Crippen LogP contribution in [0.25, 0.3) is 0 Å². The normalized spacial score (nSPS) is 20.1. The van der Waals surface area contributed by atoms with E-state index in [-0.39, 0.29) is 17.6 Å². The highest BCUT2D eigenvalue weighted by Crippen LogP contribution is 2.37. The van der Waals surface area contributed by atoms with E-state index in [2.05, 4.69) is 56.9 Å². The van der Waals surface area contributed by atoms with Gasteiger partial charge in [0, 0.05) is 11.0 Å². The molecule has 2 nitrogen and oxygen atoms in total. The minimum atomic E-state index is -0.0337. The van der Waals surface area contributed by atoms with E-state index in [4.69, 9.17) is 0 Å². The van der Waals surface area contributed by atoms with Gasteiger partial charge in [0.15, 0.2) is 0 Å². The minimum absolute atomic E-state index is 0.0337. The van der Waals surface area contributed by atoms with Crippen molar-refractivity contribution in [3.63, 3.8) is 0 Å². The van der Waals surface area contributed by atoms with Crippen molar-refractivity contribution in [2.75, 3.05) is 19.7 Å². The lowest BCUT2D eigenvalue weighted by molar-refractivity contribution is 0.0492. The fourth-order valence-corrected chi connectivity index (χ4v) is 3.24. The summed E-state index contributed by atoms with van der Waals surface area (Å²) in [5, 5.41) is 9.99. The second-order valence-corrected chi connectivity index (χ2v) is 7.15. The first-order valence-electron chi connectivity index (χ1n) is 7.86. The summed E-state index contributed by atoms with van der Waals surface area (Å²) in [6.07, 6.45) is 3.17. The number of piperidine rings is 1. The number of aliphatic hydroxyl groups excluding tert-OH is 1. The summed E-state index contributed by atoms with van der Waals surface area (Å²) in [5.41, 5.74) is 2.88. The number of rotatable bonds is 3. The topological polar surface area (TPSA) is 23.5 Å². The molecule has 0 aliphatic carbocycles. The predicted octanol–water partition coefficient (Wildman–Crippen LogP) is 3.37. The van der Waals surface area contributed by atoms with Crippen LogP contribution in [0.5, 0.6) is 0 Å². The van der Waals surface area contributed by atoms with E-state index in [1.54, 1.807) is 0 Å². The molecule has 1 aromatic carbocycles. The molecule has 1 aliphatic heterocycles. The molecule has 0 atom stereocenters. The Morgan fingerprint density at radius 3 is 2.05 bits per heavy atom. The van der Waals surface area contributed by atoms with Gasteiger partial charge in [0.25, 0.3) is 0 Å². The highest BCUT2D eigenvalue weighted by molar-refractivity contribution is 5.30. The molecule has 2 rings (SSSR count). The van der Waals surface area contributed by atoms with Crippen LogP contribution in [-0.4, -0.2) is 35.2 Å². The third-order valence-electron chi connectivity index (χ3n) is 4.95. The molecule has 20 heavy (non-hydrogen) atoms. The molecule has 0 amide bonds. The Hall–Kier alpha value is -0.860. The number of nitrogens with zero attached hydrogens (tertiary/aromatic N) is 1. The Kier molecular flexibility index (Phi) is 4.55. The van der Waals surface area contributed by atoms with Crippen molar-refractivity contribution in [1.29, 1.82) is 0 Å². The molecule has 1 aromatic rings. The van der Waals surface area contributed by atoms with Gasteiger partial charge < -0.3 is 5.11 Å². The predicted molar refractivity (Wildman–Crippen MR) is 85.1 cm³/mol. The molecule has 1 aliphatic rings. The maximum Gasteiger partial charge on any atom is 0.0528 e. The lowest BCUT2D eigenvalue weighted by atomic mass is 9.72. The summed E-state index contributed by atoms with van der Waals surface area (Å²) >= 11 is 0. The zero-order valence-corrected chi connectivity index (χ0v) is 13.4. The second kappa shape index (κ2) is 5.87. The summed E-state index contributed by atoms with van der Waals surface area (Å²) in [6.45, 7) is 11.4. The van der Waals surface area contributed by atoms with Crippen LogP contribution in [0.4, 0.5) is 0 Å². The maximum atomic E-state index is 9.99. The Morgan fingerprint density at radius 1 is 1.10 bits per heavy atom. The molecule has 0 spiro atoms. The smallest absolute Gasteiger partial charge is 0.0528 e. The van der Waals surface area contributed by atoms with E-state index < -0.39 is 0 Å². The van der Waals surface area contributed by atoms with Crippen molar-refractivity contribution >= 4 is 0 Å². The monoisotopic (exact) mass is 275 g/mol. The van der Waals surface area contributed by atoms with Crippen LogP contribution in [0.3, 0.4) is 0 Å². The van der Waals surface area contributed by atoms with E-state index in [9.17, 15) is 5.11 Å². The Morgan fingerprint density at radius 2 is 1.65 bits per heavy atom. The first kappa shape index (κ1) is 15.5. The summed E-state index contributed by atoms with van der Waals surface area (Å²) in [7, 11) is 0. The number of hydrogen-bond acceptors (Lipinski definition) is 2. The van der Waals surface area contributed by atoms with Crippen LogP contribution in [0, 0.1) is 0 Å². The van der Waals surface area contributed by atoms with Crippen molar-refractivity contribution in [2.24, 2.45) is 0 Å². The number of aliphatic hydroxyl groups is 1. The first-order chi connectivity index (χ1) is 9.41. The maximum absolute atomic E-state index is 9.99. The lowest BCUT2D eigenvalue weighted by Crippen LogP contribution is -2.51. The van der Waals surface area contributed by atoms with Crippen LogP contribution in [-0.2, 0) is 11.8 Å². The number of aryl methyl sites for hydroxylation is 1. The highest BCUT2D eigenvalue weighted by Gasteiger charge is 2.38. The Labute approximate surface area is 123 Å². The van der Waals surface area contributed by atoms with Gasteiger partial charge >= 0.3 is 0 Å². The fraction of sp³-hybridized carbons (Fsp3) is 0.667. The van der Waals surface area contributed by atoms with Gasteiger partial charge in [-0.05, 0) is 64.3 Å². The molecule has 0 bridgehead atoms. The zero-order chi connectivity index (χ0) is 14.8. The van der Waals surface area contributed by atoms with Crippen molar-refractivity contribution in [3.8, 4) is 0 Å². The van der Waals surface area contributed by atoms with E-state index in [1.165, 1.54) is 11.1 Å². The van der Waals surface area contributed by atoms with Gasteiger partial charge in [0.1, 0.15) is 0 Å². The minimum Gasteiger partial charge on any atom is -0.395 e. The molecular formula is C18H29NO. The quantitative estimate of drug-likeness (QED) is 0.914. The zero-order valence-electron chi connectivity index (χ0n) is 13.4. The highest BCUT2D eigenvalue weighted by atomic mass is 16.3. The van der Waals surface area contributed by atoms with E-state index >= 15 is 0 Å². The molecule has 0 saturated carbocycles. The Bertz CT molecular complexity index is 422. The van der Waals surface area contributed by atoms with Gasteiger partial charge in [0.05, 0.1) is 6.61 Å². The van der Waals surface area contributed by atoms with E-state index in [1.807, 2.05) is 0 Å². The van der Waals surface area contributed by atoms with Crippen molar-refractivity contribution in [3.05, 3.63) is 35.4 Å². The molecule has 2 heteroatoms. The van der Waals surface area contributed by atoms with E-state index in [0.29, 0.717) is 0 Å². The Balaban J connectivity index is 2.15. The summed E-state index contributed by atoms with van der Waals surface area (Å²) < 4.78 is 0. The van der Waals surface area contributed by atoms with Crippen LogP contribution in [0.2, 0.25) is 0 Å². The van der Waals surface area contributed by atoms with Crippen LogP contribution in [0.1, 0.15) is 51.7 Å². The number of hydrogen-bond donors (Lipinski definition) is 1. The molecule has 0 aromatic heterocycles. The van der Waals surface area contributed by atoms with Gasteiger partial charge in [-0.1, -0.05) is 31.2 Å². The average molecular weight is 275 g/mol. The summed E-state index contributed by atoms with van der Waals surface area (Å²) in [5.74, 6) is 0. The van der Waals surface area contributed by atoms with Gasteiger partial charge in [0.2, 0.25) is 0 Å². The summed E-state index contributed by atoms with van der Waals surface area (Å²) in [6, 6.07) is 8.87. The van der Waals surface area contributed by atoms with Crippen molar-refractivity contribution < 1.29 is 5.11 Å². The molecule has 112 valence electrons. The standard InChI is InChI=1S/C18H29NO/c1-5-15-6-8-16(9-7-15)18(14-20)10-12-19(13-11-18)17(2,3)4/h6-9,20H,5,10-14H2,1-4H3. The third kappa shape index (κ3) is 3.07. The SMILES string of the molecule is CCc1ccc(C2(CO)CCN(C(C)(C)C)CC2)cc1. The van der Waals surface area contributed by atoms with Crippen molar-refractivity contribution in [2.45, 2.75) is 57.9 Å². The molecule has 1 saturated heterocycles. The lowest BCUT2D eigenvalue weighted by Gasteiger charge is -2.46. The van der Waals surface area contributed by atoms with Gasteiger partial charge in [-0.3, -0.25) is 4.90 Å². The largest absolute Gasteiger partial charge is 0.395 e.